The summed E-state index contributed by atoms with van der Waals surface area (Å²) in [6.07, 6.45) is 0.701. The molecule has 0 bridgehead atoms. The van der Waals surface area contributed by atoms with Gasteiger partial charge < -0.3 is 10.1 Å². The molecule has 1 aromatic carbocycles. The highest BCUT2D eigenvalue weighted by Gasteiger charge is 2.40. The zero-order valence-electron chi connectivity index (χ0n) is 20.9. The molecule has 1 atom stereocenters. The number of carbonyl (C=O) groups is 2. The molecule has 0 spiro atoms. The van der Waals surface area contributed by atoms with Gasteiger partial charge in [-0.05, 0) is 36.1 Å². The van der Waals surface area contributed by atoms with Gasteiger partial charge in [0.15, 0.2) is 0 Å². The van der Waals surface area contributed by atoms with Crippen LogP contribution in [0.25, 0.3) is 5.69 Å². The molecule has 1 aliphatic heterocycles. The average Bonchev–Trinajstić information content (AvgIpc) is 3.47. The van der Waals surface area contributed by atoms with E-state index >= 15 is 0 Å². The number of aromatic nitrogens is 2. The number of ether oxygens (including phenoxy) is 1. The molecule has 0 fully saturated rings. The van der Waals surface area contributed by atoms with Crippen molar-refractivity contribution in [2.24, 2.45) is 0 Å². The molecule has 4 rings (SSSR count). The first-order valence-electron chi connectivity index (χ1n) is 11.8. The van der Waals surface area contributed by atoms with Crippen LogP contribution in [0, 0.1) is 0 Å². The maximum atomic E-state index is 13.6. The van der Waals surface area contributed by atoms with Crippen LogP contribution in [0.2, 0.25) is 5.02 Å². The fourth-order valence-electron chi connectivity index (χ4n) is 4.17. The molecule has 3 heterocycles. The van der Waals surface area contributed by atoms with E-state index in [2.05, 4.69) is 32.2 Å². The highest BCUT2D eigenvalue weighted by Crippen LogP contribution is 2.49. The number of hydrogen-bond donors (Lipinski definition) is 1. The van der Waals surface area contributed by atoms with Gasteiger partial charge in [-0.15, -0.1) is 23.1 Å². The Balaban J connectivity index is 1.88. The number of anilines is 1. The standard InChI is InChI=1S/C26H31ClN4O3S2/c1-26(2,3)24-22-23(19-10-6-13-35-19)36-16-21(33)30(15-20(32)28-11-7-12-34-4)25(22)31(29-24)18-9-5-8-17(27)14-18/h5-6,8-10,13-14,23H,7,11-12,15-16H2,1-4H3,(H,28,32). The summed E-state index contributed by atoms with van der Waals surface area (Å²) in [5, 5.41) is 10.5. The van der Waals surface area contributed by atoms with Crippen LogP contribution in [0.15, 0.2) is 41.8 Å². The van der Waals surface area contributed by atoms with E-state index in [4.69, 9.17) is 21.4 Å². The Morgan fingerprint density at radius 3 is 2.75 bits per heavy atom. The molecule has 1 N–H and O–H groups in total. The van der Waals surface area contributed by atoms with Gasteiger partial charge in [0, 0.05) is 41.1 Å². The highest BCUT2D eigenvalue weighted by atomic mass is 35.5. The highest BCUT2D eigenvalue weighted by molar-refractivity contribution is 8.00. The van der Waals surface area contributed by atoms with Crippen molar-refractivity contribution in [2.45, 2.75) is 37.9 Å². The number of thioether (sulfide) groups is 1. The van der Waals surface area contributed by atoms with Crippen molar-refractivity contribution in [1.29, 1.82) is 0 Å². The molecule has 3 aromatic rings. The number of halogens is 1. The van der Waals surface area contributed by atoms with Crippen LogP contribution < -0.4 is 10.2 Å². The number of nitrogens with zero attached hydrogens (tertiary/aromatic N) is 3. The number of nitrogens with one attached hydrogen (secondary N) is 1. The summed E-state index contributed by atoms with van der Waals surface area (Å²) in [5.41, 5.74) is 2.30. The molecule has 192 valence electrons. The van der Waals surface area contributed by atoms with Crippen LogP contribution in [-0.4, -0.2) is 54.2 Å². The Bertz CT molecular complexity index is 1220. The molecule has 0 saturated carbocycles. The summed E-state index contributed by atoms with van der Waals surface area (Å²) in [5.74, 6) is 0.535. The maximum Gasteiger partial charge on any atom is 0.240 e. The van der Waals surface area contributed by atoms with Crippen LogP contribution in [0.3, 0.4) is 0 Å². The van der Waals surface area contributed by atoms with Crippen molar-refractivity contribution < 1.29 is 14.3 Å². The molecule has 36 heavy (non-hydrogen) atoms. The van der Waals surface area contributed by atoms with Crippen molar-refractivity contribution in [1.82, 2.24) is 15.1 Å². The van der Waals surface area contributed by atoms with Crippen LogP contribution in [0.1, 0.15) is 48.6 Å². The minimum Gasteiger partial charge on any atom is -0.385 e. The molecular formula is C26H31ClN4O3S2. The Hall–Kier alpha value is -2.33. The fraction of sp³-hybridized carbons (Fsp3) is 0.423. The Labute approximate surface area is 225 Å². The second-order valence-corrected chi connectivity index (χ2v) is 12.1. The Kier molecular flexibility index (Phi) is 8.44. The van der Waals surface area contributed by atoms with Crippen molar-refractivity contribution in [2.75, 3.05) is 37.5 Å². The third kappa shape index (κ3) is 5.80. The molecule has 2 aromatic heterocycles. The van der Waals surface area contributed by atoms with Crippen molar-refractivity contribution in [3.63, 3.8) is 0 Å². The van der Waals surface area contributed by atoms with E-state index in [0.717, 1.165) is 21.8 Å². The number of thiophene rings is 1. The van der Waals surface area contributed by atoms with E-state index in [1.165, 1.54) is 0 Å². The van der Waals surface area contributed by atoms with E-state index < -0.39 is 0 Å². The lowest BCUT2D eigenvalue weighted by molar-refractivity contribution is -0.122. The van der Waals surface area contributed by atoms with Crippen molar-refractivity contribution >= 4 is 52.3 Å². The number of hydrogen-bond acceptors (Lipinski definition) is 6. The second-order valence-electron chi connectivity index (χ2n) is 9.61. The van der Waals surface area contributed by atoms with Gasteiger partial charge in [0.25, 0.3) is 0 Å². The Morgan fingerprint density at radius 2 is 2.08 bits per heavy atom. The average molecular weight is 547 g/mol. The fourth-order valence-corrected chi connectivity index (χ4v) is 6.53. The van der Waals surface area contributed by atoms with Crippen molar-refractivity contribution in [3.8, 4) is 5.69 Å². The molecule has 1 aliphatic rings. The van der Waals surface area contributed by atoms with Gasteiger partial charge in [0.05, 0.1) is 22.4 Å². The van der Waals surface area contributed by atoms with Gasteiger partial charge >= 0.3 is 0 Å². The number of amides is 2. The minimum atomic E-state index is -0.300. The molecule has 0 aliphatic carbocycles. The smallest absolute Gasteiger partial charge is 0.240 e. The second kappa shape index (κ2) is 11.4. The summed E-state index contributed by atoms with van der Waals surface area (Å²) < 4.78 is 6.85. The first kappa shape index (κ1) is 26.7. The molecule has 7 nitrogen and oxygen atoms in total. The monoisotopic (exact) mass is 546 g/mol. The summed E-state index contributed by atoms with van der Waals surface area (Å²) in [6.45, 7) is 7.30. The molecule has 0 radical (unpaired) electrons. The number of benzene rings is 1. The van der Waals surface area contributed by atoms with Crippen LogP contribution in [0.4, 0.5) is 5.82 Å². The predicted molar refractivity (Wildman–Crippen MR) is 148 cm³/mol. The molecule has 1 unspecified atom stereocenters. The third-order valence-corrected chi connectivity index (χ3v) is 8.36. The number of fused-ring (bicyclic) bond motifs is 1. The zero-order chi connectivity index (χ0) is 25.9. The van der Waals surface area contributed by atoms with E-state index in [1.54, 1.807) is 45.9 Å². The summed E-state index contributed by atoms with van der Waals surface area (Å²) >= 11 is 9.59. The molecule has 2 amide bonds. The molecule has 0 saturated heterocycles. The van der Waals surface area contributed by atoms with Gasteiger partial charge in [0.2, 0.25) is 11.8 Å². The van der Waals surface area contributed by atoms with E-state index in [9.17, 15) is 9.59 Å². The predicted octanol–water partition coefficient (Wildman–Crippen LogP) is 5.21. The lowest BCUT2D eigenvalue weighted by atomic mass is 9.88. The SMILES string of the molecule is COCCCNC(=O)CN1C(=O)CSC(c2cccs2)c2c(C(C)(C)C)nn(-c3cccc(Cl)c3)c21. The van der Waals surface area contributed by atoms with Crippen LogP contribution in [0.5, 0.6) is 0 Å². The van der Waals surface area contributed by atoms with E-state index in [0.29, 0.717) is 30.4 Å². The minimum absolute atomic E-state index is 0.0825. The Morgan fingerprint density at radius 1 is 1.28 bits per heavy atom. The summed E-state index contributed by atoms with van der Waals surface area (Å²) in [4.78, 5) is 29.2. The van der Waals surface area contributed by atoms with Gasteiger partial charge in [-0.1, -0.05) is 44.5 Å². The number of methoxy groups -OCH3 is 1. The topological polar surface area (TPSA) is 76.5 Å². The van der Waals surface area contributed by atoms with Gasteiger partial charge in [-0.25, -0.2) is 4.68 Å². The third-order valence-electron chi connectivity index (χ3n) is 5.80. The van der Waals surface area contributed by atoms with Gasteiger partial charge in [0.1, 0.15) is 12.4 Å². The lowest BCUT2D eigenvalue weighted by Crippen LogP contribution is -2.42. The molecular weight excluding hydrogens is 516 g/mol. The molecule has 10 heteroatoms. The first-order chi connectivity index (χ1) is 17.2. The van der Waals surface area contributed by atoms with E-state index in [1.807, 2.05) is 29.6 Å². The van der Waals surface area contributed by atoms with Gasteiger partial charge in [-0.3, -0.25) is 14.5 Å². The van der Waals surface area contributed by atoms with Crippen LogP contribution in [-0.2, 0) is 19.7 Å². The summed E-state index contributed by atoms with van der Waals surface area (Å²) in [6, 6.07) is 11.5. The number of rotatable bonds is 8. The number of carbonyl (C=O) groups excluding carboxylic acids is 2. The first-order valence-corrected chi connectivity index (χ1v) is 14.1. The van der Waals surface area contributed by atoms with Crippen LogP contribution >= 0.6 is 34.7 Å². The largest absolute Gasteiger partial charge is 0.385 e. The normalized spacial score (nSPS) is 16.1. The summed E-state index contributed by atoms with van der Waals surface area (Å²) in [7, 11) is 1.63. The zero-order valence-corrected chi connectivity index (χ0v) is 23.3. The lowest BCUT2D eigenvalue weighted by Gasteiger charge is -2.24. The van der Waals surface area contributed by atoms with Gasteiger partial charge in [-0.2, -0.15) is 5.10 Å². The maximum absolute atomic E-state index is 13.6. The quantitative estimate of drug-likeness (QED) is 0.393. The van der Waals surface area contributed by atoms with Crippen molar-refractivity contribution in [3.05, 3.63) is 62.9 Å². The van der Waals surface area contributed by atoms with E-state index in [-0.39, 0.29) is 34.8 Å².